The van der Waals surface area contributed by atoms with Crippen molar-refractivity contribution >= 4 is 23.2 Å². The summed E-state index contributed by atoms with van der Waals surface area (Å²) in [5, 5.41) is 0.159. The third-order valence-corrected chi connectivity index (χ3v) is 2.10. The summed E-state index contributed by atoms with van der Waals surface area (Å²) in [6.07, 6.45) is 5.32. The van der Waals surface area contributed by atoms with Crippen molar-refractivity contribution in [3.05, 3.63) is 23.3 Å². The van der Waals surface area contributed by atoms with E-state index in [9.17, 15) is 0 Å². The molecular formula is C6H4Cl2O. The van der Waals surface area contributed by atoms with Crippen LogP contribution in [-0.4, -0.2) is 11.2 Å². The molecule has 1 aliphatic heterocycles. The highest BCUT2D eigenvalue weighted by atomic mass is 35.5. The van der Waals surface area contributed by atoms with Gasteiger partial charge in [-0.1, -0.05) is 23.2 Å². The number of hydrogen-bond donors (Lipinski definition) is 0. The first-order valence-electron chi connectivity index (χ1n) is 2.64. The van der Waals surface area contributed by atoms with Gasteiger partial charge >= 0.3 is 0 Å². The normalized spacial score (nSPS) is 46.0. The van der Waals surface area contributed by atoms with Gasteiger partial charge in [0.1, 0.15) is 6.10 Å². The molecule has 2 rings (SSSR count). The summed E-state index contributed by atoms with van der Waals surface area (Å²) in [5.74, 6) is 0. The Hall–Kier alpha value is 0.0200. The minimum absolute atomic E-state index is 0.0108. The lowest BCUT2D eigenvalue weighted by Crippen LogP contribution is -2.02. The van der Waals surface area contributed by atoms with E-state index in [4.69, 9.17) is 27.9 Å². The van der Waals surface area contributed by atoms with Gasteiger partial charge in [0, 0.05) is 5.03 Å². The molecule has 0 N–H and O–H groups in total. The van der Waals surface area contributed by atoms with E-state index in [0.717, 1.165) is 0 Å². The number of halogens is 2. The number of epoxide rings is 1. The van der Waals surface area contributed by atoms with E-state index in [1.54, 1.807) is 18.2 Å². The zero-order valence-corrected chi connectivity index (χ0v) is 5.99. The highest BCUT2D eigenvalue weighted by Crippen LogP contribution is 2.46. The topological polar surface area (TPSA) is 12.5 Å². The van der Waals surface area contributed by atoms with Crippen LogP contribution in [0.5, 0.6) is 0 Å². The molecule has 2 atom stereocenters. The van der Waals surface area contributed by atoms with Gasteiger partial charge in [-0.15, -0.1) is 0 Å². The maximum Gasteiger partial charge on any atom is 0.191 e. The number of ether oxygens (including phenoxy) is 1. The van der Waals surface area contributed by atoms with Crippen LogP contribution in [0.3, 0.4) is 0 Å². The molecule has 2 aliphatic rings. The largest absolute Gasteiger partial charge is 0.341 e. The Balaban J connectivity index is 2.31. The molecule has 9 heavy (non-hydrogen) atoms. The van der Waals surface area contributed by atoms with Gasteiger partial charge in [-0.25, -0.2) is 0 Å². The molecule has 1 fully saturated rings. The first-order chi connectivity index (χ1) is 4.21. The number of rotatable bonds is 0. The summed E-state index contributed by atoms with van der Waals surface area (Å²) in [7, 11) is 0. The van der Waals surface area contributed by atoms with E-state index in [2.05, 4.69) is 0 Å². The quantitative estimate of drug-likeness (QED) is 0.393. The third-order valence-electron chi connectivity index (χ3n) is 1.42. The van der Waals surface area contributed by atoms with Crippen LogP contribution in [0.25, 0.3) is 0 Å². The van der Waals surface area contributed by atoms with Gasteiger partial charge in [-0.05, 0) is 18.2 Å². The fraction of sp³-hybridized carbons (Fsp3) is 0.333. The molecule has 3 heteroatoms. The van der Waals surface area contributed by atoms with E-state index in [1.807, 2.05) is 0 Å². The van der Waals surface area contributed by atoms with Gasteiger partial charge in [0.05, 0.1) is 0 Å². The minimum Gasteiger partial charge on any atom is -0.341 e. The summed E-state index contributed by atoms with van der Waals surface area (Å²) in [4.78, 5) is 0. The van der Waals surface area contributed by atoms with Crippen LogP contribution in [0.1, 0.15) is 0 Å². The Morgan fingerprint density at radius 2 is 2.44 bits per heavy atom. The van der Waals surface area contributed by atoms with Crippen molar-refractivity contribution in [1.29, 1.82) is 0 Å². The third kappa shape index (κ3) is 0.803. The molecule has 0 spiro atoms. The van der Waals surface area contributed by atoms with Gasteiger partial charge in [-0.3, -0.25) is 0 Å². The van der Waals surface area contributed by atoms with Gasteiger partial charge in [-0.2, -0.15) is 0 Å². The van der Waals surface area contributed by atoms with Crippen LogP contribution < -0.4 is 0 Å². The van der Waals surface area contributed by atoms with Crippen LogP contribution in [0.4, 0.5) is 0 Å². The van der Waals surface area contributed by atoms with Gasteiger partial charge in [0.2, 0.25) is 0 Å². The summed E-state index contributed by atoms with van der Waals surface area (Å²) >= 11 is 11.4. The molecule has 1 heterocycles. The molecule has 1 aliphatic carbocycles. The highest BCUT2D eigenvalue weighted by molar-refractivity contribution is 6.32. The van der Waals surface area contributed by atoms with E-state index < -0.39 is 5.06 Å². The van der Waals surface area contributed by atoms with Crippen molar-refractivity contribution in [2.24, 2.45) is 0 Å². The Morgan fingerprint density at radius 3 is 3.00 bits per heavy atom. The Kier molecular flexibility index (Phi) is 0.989. The second-order valence-electron chi connectivity index (χ2n) is 2.12. The monoisotopic (exact) mass is 162 g/mol. The highest BCUT2D eigenvalue weighted by Gasteiger charge is 2.53. The van der Waals surface area contributed by atoms with Crippen molar-refractivity contribution in [1.82, 2.24) is 0 Å². The molecule has 1 nitrogen and oxygen atoms in total. The van der Waals surface area contributed by atoms with E-state index in [0.29, 0.717) is 5.03 Å². The second kappa shape index (κ2) is 1.54. The van der Waals surface area contributed by atoms with Gasteiger partial charge in [0.25, 0.3) is 0 Å². The van der Waals surface area contributed by atoms with E-state index in [1.165, 1.54) is 0 Å². The smallest absolute Gasteiger partial charge is 0.191 e. The first-order valence-corrected chi connectivity index (χ1v) is 3.40. The molecule has 0 aromatic carbocycles. The van der Waals surface area contributed by atoms with Crippen molar-refractivity contribution in [2.75, 3.05) is 0 Å². The van der Waals surface area contributed by atoms with Crippen LogP contribution in [0.15, 0.2) is 23.3 Å². The van der Waals surface area contributed by atoms with Crippen LogP contribution in [-0.2, 0) is 4.74 Å². The minimum atomic E-state index is -0.543. The van der Waals surface area contributed by atoms with Crippen molar-refractivity contribution in [2.45, 2.75) is 11.2 Å². The Bertz CT molecular complexity index is 209. The number of hydrogen-bond acceptors (Lipinski definition) is 1. The average Bonchev–Trinajstić information content (AvgIpc) is 2.41. The molecule has 0 amide bonds. The standard InChI is InChI=1S/C6H4Cl2O/c7-4-1-2-6(8)5(3-4)9-6/h1-3,5H. The van der Waals surface area contributed by atoms with Gasteiger partial charge in [0.15, 0.2) is 5.06 Å². The van der Waals surface area contributed by atoms with Crippen LogP contribution in [0.2, 0.25) is 0 Å². The van der Waals surface area contributed by atoms with Crippen molar-refractivity contribution in [3.63, 3.8) is 0 Å². The summed E-state index contributed by atoms with van der Waals surface area (Å²) < 4.78 is 5.05. The summed E-state index contributed by atoms with van der Waals surface area (Å²) in [6.45, 7) is 0. The Morgan fingerprint density at radius 1 is 1.67 bits per heavy atom. The molecule has 0 aromatic heterocycles. The lowest BCUT2D eigenvalue weighted by atomic mass is 10.2. The number of alkyl halides is 1. The zero-order chi connectivity index (χ0) is 6.48. The van der Waals surface area contributed by atoms with E-state index >= 15 is 0 Å². The van der Waals surface area contributed by atoms with Crippen molar-refractivity contribution in [3.8, 4) is 0 Å². The maximum atomic E-state index is 5.80. The second-order valence-corrected chi connectivity index (χ2v) is 3.15. The molecule has 0 radical (unpaired) electrons. The number of allylic oxidation sites excluding steroid dienone is 2. The molecule has 48 valence electrons. The first kappa shape index (κ1) is 5.78. The fourth-order valence-electron chi connectivity index (χ4n) is 0.836. The lowest BCUT2D eigenvalue weighted by molar-refractivity contribution is 0.396. The zero-order valence-electron chi connectivity index (χ0n) is 4.47. The van der Waals surface area contributed by atoms with Crippen LogP contribution in [0, 0.1) is 0 Å². The van der Waals surface area contributed by atoms with Gasteiger partial charge < -0.3 is 4.74 Å². The number of fused-ring (bicyclic) bond motifs is 1. The maximum absolute atomic E-state index is 5.80. The molecule has 2 unspecified atom stereocenters. The van der Waals surface area contributed by atoms with Crippen molar-refractivity contribution < 1.29 is 4.74 Å². The summed E-state index contributed by atoms with van der Waals surface area (Å²) in [5.41, 5.74) is 0. The lowest BCUT2D eigenvalue weighted by Gasteiger charge is -1.97. The summed E-state index contributed by atoms with van der Waals surface area (Å²) in [6, 6.07) is 0. The molecule has 0 bridgehead atoms. The SMILES string of the molecule is ClC1=CC2OC2(Cl)C=C1. The molecule has 1 saturated heterocycles. The molecular weight excluding hydrogens is 159 g/mol. The predicted octanol–water partition coefficient (Wildman–Crippen LogP) is 2.01. The van der Waals surface area contributed by atoms with E-state index in [-0.39, 0.29) is 6.10 Å². The predicted molar refractivity (Wildman–Crippen MR) is 36.5 cm³/mol. The van der Waals surface area contributed by atoms with Crippen LogP contribution >= 0.6 is 23.2 Å². The molecule has 0 aromatic rings. The average molecular weight is 163 g/mol. The fourth-order valence-corrected chi connectivity index (χ4v) is 1.24. The Labute approximate surface area is 62.9 Å². The molecule has 0 saturated carbocycles.